The Morgan fingerprint density at radius 3 is 3.00 bits per heavy atom. The van der Waals surface area contributed by atoms with E-state index in [0.29, 0.717) is 12.4 Å². The number of aliphatic hydroxyl groups is 2. The summed E-state index contributed by atoms with van der Waals surface area (Å²) >= 11 is 1.07. The second-order valence-corrected chi connectivity index (χ2v) is 4.46. The molecule has 0 bridgehead atoms. The Balaban J connectivity index is 1.96. The first-order valence-electron chi connectivity index (χ1n) is 5.65. The summed E-state index contributed by atoms with van der Waals surface area (Å²) in [5, 5.41) is 21.7. The Bertz CT molecular complexity index is 282. The molecule has 0 radical (unpaired) electrons. The van der Waals surface area contributed by atoms with Crippen LogP contribution in [0, 0.1) is 0 Å². The van der Waals surface area contributed by atoms with E-state index in [1.165, 1.54) is 6.20 Å². The van der Waals surface area contributed by atoms with E-state index in [0.717, 1.165) is 31.1 Å². The minimum atomic E-state index is -0.566. The number of nitrogens with zero attached hydrogens (tertiary/aromatic N) is 2. The number of nitrogens with one attached hydrogen (secondary N) is 1. The van der Waals surface area contributed by atoms with E-state index in [4.69, 9.17) is 9.84 Å². The van der Waals surface area contributed by atoms with E-state index >= 15 is 0 Å². The molecule has 0 aliphatic rings. The van der Waals surface area contributed by atoms with E-state index in [1.54, 1.807) is 6.92 Å². The summed E-state index contributed by atoms with van der Waals surface area (Å²) in [6, 6.07) is 0. The summed E-state index contributed by atoms with van der Waals surface area (Å²) in [6.45, 7) is 3.22. The molecule has 2 atom stereocenters. The maximum absolute atomic E-state index is 9.57. The zero-order chi connectivity index (χ0) is 12.5. The molecule has 1 aromatic heterocycles. The average Bonchev–Trinajstić information content (AvgIpc) is 2.78. The van der Waals surface area contributed by atoms with Crippen molar-refractivity contribution in [2.75, 3.05) is 19.7 Å². The molecule has 0 fully saturated rings. The number of hydrogen-bond donors (Lipinski definition) is 3. The summed E-state index contributed by atoms with van der Waals surface area (Å²) in [6.07, 6.45) is 2.35. The number of aliphatic hydroxyl groups excluding tert-OH is 2. The van der Waals surface area contributed by atoms with E-state index in [9.17, 15) is 5.11 Å². The fraction of sp³-hybridized carbons (Fsp3) is 0.800. The quantitative estimate of drug-likeness (QED) is 0.544. The van der Waals surface area contributed by atoms with Gasteiger partial charge in [-0.2, -0.15) is 4.37 Å². The Hall–Kier alpha value is -0.760. The second-order valence-electron chi connectivity index (χ2n) is 3.91. The largest absolute Gasteiger partial charge is 0.473 e. The zero-order valence-electron chi connectivity index (χ0n) is 9.87. The fourth-order valence-electron chi connectivity index (χ4n) is 1.25. The van der Waals surface area contributed by atoms with Crippen LogP contribution in [0.25, 0.3) is 0 Å². The van der Waals surface area contributed by atoms with Crippen LogP contribution >= 0.6 is 11.7 Å². The van der Waals surface area contributed by atoms with E-state index in [2.05, 4.69) is 14.1 Å². The van der Waals surface area contributed by atoms with Gasteiger partial charge in [0.2, 0.25) is 5.88 Å². The highest BCUT2D eigenvalue weighted by atomic mass is 32.1. The summed E-state index contributed by atoms with van der Waals surface area (Å²) in [5.41, 5.74) is 0. The van der Waals surface area contributed by atoms with Crippen molar-refractivity contribution in [3.8, 4) is 5.88 Å². The third-order valence-corrected chi connectivity index (χ3v) is 2.58. The standard InChI is InChI=1S/C10H19N3O3S/c1-8(14)3-2-4-11-5-9(15)7-16-10-6-12-17-13-10/h6,8-9,11,14-15H,2-5,7H2,1H3. The van der Waals surface area contributed by atoms with Crippen molar-refractivity contribution in [1.82, 2.24) is 14.1 Å². The van der Waals surface area contributed by atoms with Crippen LogP contribution in [0.3, 0.4) is 0 Å². The molecule has 3 N–H and O–H groups in total. The van der Waals surface area contributed by atoms with Gasteiger partial charge in [0.25, 0.3) is 0 Å². The summed E-state index contributed by atoms with van der Waals surface area (Å²) in [5.74, 6) is 0.447. The maximum Gasteiger partial charge on any atom is 0.245 e. The van der Waals surface area contributed by atoms with Crippen LogP contribution < -0.4 is 10.1 Å². The van der Waals surface area contributed by atoms with E-state index in [1.807, 2.05) is 0 Å². The minimum Gasteiger partial charge on any atom is -0.473 e. The van der Waals surface area contributed by atoms with Gasteiger partial charge in [-0.25, -0.2) is 0 Å². The molecule has 0 aromatic carbocycles. The van der Waals surface area contributed by atoms with Crippen molar-refractivity contribution >= 4 is 11.7 Å². The van der Waals surface area contributed by atoms with Gasteiger partial charge in [0, 0.05) is 6.54 Å². The number of ether oxygens (including phenoxy) is 1. The normalized spacial score (nSPS) is 14.5. The monoisotopic (exact) mass is 261 g/mol. The van der Waals surface area contributed by atoms with Crippen LogP contribution in [0.5, 0.6) is 5.88 Å². The Labute approximate surface area is 105 Å². The first-order valence-corrected chi connectivity index (χ1v) is 6.38. The van der Waals surface area contributed by atoms with Gasteiger partial charge >= 0.3 is 0 Å². The highest BCUT2D eigenvalue weighted by Gasteiger charge is 2.06. The van der Waals surface area contributed by atoms with Crippen molar-refractivity contribution in [1.29, 1.82) is 0 Å². The predicted octanol–water partition coefficient (Wildman–Crippen LogP) is 0.0284. The molecule has 0 spiro atoms. The van der Waals surface area contributed by atoms with Gasteiger partial charge in [-0.15, -0.1) is 4.37 Å². The molecule has 0 saturated carbocycles. The number of rotatable bonds is 9. The molecule has 0 saturated heterocycles. The Morgan fingerprint density at radius 2 is 2.35 bits per heavy atom. The number of aromatic nitrogens is 2. The van der Waals surface area contributed by atoms with Crippen molar-refractivity contribution in [3.63, 3.8) is 0 Å². The van der Waals surface area contributed by atoms with Crippen molar-refractivity contribution in [2.24, 2.45) is 0 Å². The van der Waals surface area contributed by atoms with Crippen LogP contribution in [-0.2, 0) is 0 Å². The average molecular weight is 261 g/mol. The molecule has 1 heterocycles. The lowest BCUT2D eigenvalue weighted by Crippen LogP contribution is -2.32. The molecule has 0 aliphatic heterocycles. The van der Waals surface area contributed by atoms with Gasteiger partial charge < -0.3 is 20.3 Å². The molecular formula is C10H19N3O3S. The Morgan fingerprint density at radius 1 is 1.53 bits per heavy atom. The van der Waals surface area contributed by atoms with Crippen LogP contribution in [-0.4, -0.2) is 50.9 Å². The molecule has 6 nitrogen and oxygen atoms in total. The minimum absolute atomic E-state index is 0.203. The summed E-state index contributed by atoms with van der Waals surface area (Å²) in [4.78, 5) is 0. The van der Waals surface area contributed by atoms with Crippen LogP contribution in [0.1, 0.15) is 19.8 Å². The maximum atomic E-state index is 9.57. The third-order valence-electron chi connectivity index (χ3n) is 2.12. The van der Waals surface area contributed by atoms with E-state index < -0.39 is 6.10 Å². The molecule has 98 valence electrons. The van der Waals surface area contributed by atoms with Gasteiger partial charge in [-0.3, -0.25) is 0 Å². The van der Waals surface area contributed by atoms with Crippen molar-refractivity contribution < 1.29 is 14.9 Å². The first kappa shape index (κ1) is 14.3. The van der Waals surface area contributed by atoms with Gasteiger partial charge in [-0.05, 0) is 26.3 Å². The number of hydrogen-bond acceptors (Lipinski definition) is 7. The van der Waals surface area contributed by atoms with Crippen molar-refractivity contribution in [2.45, 2.75) is 32.0 Å². The fourth-order valence-corrected chi connectivity index (χ4v) is 1.62. The molecule has 0 aliphatic carbocycles. The van der Waals surface area contributed by atoms with E-state index in [-0.39, 0.29) is 12.7 Å². The Kier molecular flexibility index (Phi) is 7.02. The lowest BCUT2D eigenvalue weighted by atomic mass is 10.2. The van der Waals surface area contributed by atoms with Crippen LogP contribution in [0.4, 0.5) is 0 Å². The zero-order valence-corrected chi connectivity index (χ0v) is 10.7. The topological polar surface area (TPSA) is 87.5 Å². The lowest BCUT2D eigenvalue weighted by Gasteiger charge is -2.12. The SMILES string of the molecule is CC(O)CCCNCC(O)COc1cnsn1. The van der Waals surface area contributed by atoms with Gasteiger partial charge in [-0.1, -0.05) is 0 Å². The molecular weight excluding hydrogens is 242 g/mol. The predicted molar refractivity (Wildman–Crippen MR) is 65.2 cm³/mol. The van der Waals surface area contributed by atoms with Gasteiger partial charge in [0.15, 0.2) is 0 Å². The van der Waals surface area contributed by atoms with Crippen LogP contribution in [0.2, 0.25) is 0 Å². The third kappa shape index (κ3) is 7.22. The highest BCUT2D eigenvalue weighted by Crippen LogP contribution is 2.05. The van der Waals surface area contributed by atoms with Gasteiger partial charge in [0.05, 0.1) is 17.8 Å². The lowest BCUT2D eigenvalue weighted by molar-refractivity contribution is 0.104. The van der Waals surface area contributed by atoms with Gasteiger partial charge in [0.1, 0.15) is 18.9 Å². The van der Waals surface area contributed by atoms with Crippen molar-refractivity contribution in [3.05, 3.63) is 6.20 Å². The summed E-state index contributed by atoms with van der Waals surface area (Å²) in [7, 11) is 0. The first-order chi connectivity index (χ1) is 8.18. The summed E-state index contributed by atoms with van der Waals surface area (Å²) < 4.78 is 12.9. The molecule has 7 heteroatoms. The molecule has 1 aromatic rings. The molecule has 2 unspecified atom stereocenters. The molecule has 17 heavy (non-hydrogen) atoms. The highest BCUT2D eigenvalue weighted by molar-refractivity contribution is 6.99. The molecule has 0 amide bonds. The van der Waals surface area contributed by atoms with Crippen LogP contribution in [0.15, 0.2) is 6.20 Å². The smallest absolute Gasteiger partial charge is 0.245 e. The second kappa shape index (κ2) is 8.35. The molecule has 1 rings (SSSR count).